The molecular formula is C15H19FO3. The molecule has 3 unspecified atom stereocenters. The van der Waals surface area contributed by atoms with E-state index in [9.17, 15) is 4.39 Å². The van der Waals surface area contributed by atoms with Gasteiger partial charge in [-0.25, -0.2) is 4.39 Å². The summed E-state index contributed by atoms with van der Waals surface area (Å²) in [6.07, 6.45) is 2.33. The number of halogens is 1. The SMILES string of the molecule is CCC1OC1C(C)Cc1cc2c(cc1F)OCCO2. The van der Waals surface area contributed by atoms with E-state index in [0.29, 0.717) is 48.7 Å². The fourth-order valence-electron chi connectivity index (χ4n) is 2.71. The van der Waals surface area contributed by atoms with Gasteiger partial charge < -0.3 is 14.2 Å². The minimum absolute atomic E-state index is 0.218. The molecule has 19 heavy (non-hydrogen) atoms. The zero-order valence-electron chi connectivity index (χ0n) is 11.3. The van der Waals surface area contributed by atoms with Crippen LogP contribution in [0.3, 0.4) is 0 Å². The van der Waals surface area contributed by atoms with Crippen molar-refractivity contribution in [2.24, 2.45) is 5.92 Å². The molecule has 4 heteroatoms. The van der Waals surface area contributed by atoms with Crippen LogP contribution in [0.5, 0.6) is 11.5 Å². The van der Waals surface area contributed by atoms with E-state index >= 15 is 0 Å². The number of ether oxygens (including phenoxy) is 3. The van der Waals surface area contributed by atoms with Crippen molar-refractivity contribution >= 4 is 0 Å². The molecule has 0 aromatic heterocycles. The third-order valence-corrected chi connectivity index (χ3v) is 3.84. The van der Waals surface area contributed by atoms with Crippen molar-refractivity contribution in [3.63, 3.8) is 0 Å². The Balaban J connectivity index is 1.74. The van der Waals surface area contributed by atoms with Gasteiger partial charge in [-0.2, -0.15) is 0 Å². The van der Waals surface area contributed by atoms with E-state index in [1.807, 2.05) is 0 Å². The van der Waals surface area contributed by atoms with Crippen molar-refractivity contribution in [2.75, 3.05) is 13.2 Å². The van der Waals surface area contributed by atoms with Crippen LogP contribution in [0.2, 0.25) is 0 Å². The highest BCUT2D eigenvalue weighted by atomic mass is 19.1. The van der Waals surface area contributed by atoms with Crippen LogP contribution in [0, 0.1) is 11.7 Å². The van der Waals surface area contributed by atoms with Crippen molar-refractivity contribution in [2.45, 2.75) is 38.9 Å². The summed E-state index contributed by atoms with van der Waals surface area (Å²) in [7, 11) is 0. The molecule has 0 N–H and O–H groups in total. The van der Waals surface area contributed by atoms with Crippen molar-refractivity contribution in [1.29, 1.82) is 0 Å². The van der Waals surface area contributed by atoms with Gasteiger partial charge in [0.2, 0.25) is 0 Å². The van der Waals surface area contributed by atoms with Crippen LogP contribution in [0.15, 0.2) is 12.1 Å². The topological polar surface area (TPSA) is 31.0 Å². The molecule has 1 saturated heterocycles. The highest BCUT2D eigenvalue weighted by Gasteiger charge is 2.41. The molecular weight excluding hydrogens is 247 g/mol. The molecule has 1 aromatic carbocycles. The quantitative estimate of drug-likeness (QED) is 0.785. The molecule has 0 saturated carbocycles. The second-order valence-corrected chi connectivity index (χ2v) is 5.32. The summed E-state index contributed by atoms with van der Waals surface area (Å²) in [6.45, 7) is 5.23. The first-order valence-corrected chi connectivity index (χ1v) is 6.92. The Labute approximate surface area is 112 Å². The van der Waals surface area contributed by atoms with Gasteiger partial charge in [0.1, 0.15) is 19.0 Å². The summed E-state index contributed by atoms with van der Waals surface area (Å²) in [4.78, 5) is 0. The average molecular weight is 266 g/mol. The molecule has 0 aliphatic carbocycles. The molecule has 2 aliphatic rings. The molecule has 0 radical (unpaired) electrons. The number of fused-ring (bicyclic) bond motifs is 1. The summed E-state index contributed by atoms with van der Waals surface area (Å²) in [5.74, 6) is 1.26. The third kappa shape index (κ3) is 2.54. The van der Waals surface area contributed by atoms with E-state index < -0.39 is 0 Å². The Kier molecular flexibility index (Phi) is 3.35. The van der Waals surface area contributed by atoms with E-state index in [0.717, 1.165) is 6.42 Å². The lowest BCUT2D eigenvalue weighted by atomic mass is 9.95. The Hall–Kier alpha value is -1.29. The highest BCUT2D eigenvalue weighted by molar-refractivity contribution is 5.44. The van der Waals surface area contributed by atoms with E-state index in [1.54, 1.807) is 6.07 Å². The Morgan fingerprint density at radius 1 is 1.26 bits per heavy atom. The van der Waals surface area contributed by atoms with Gasteiger partial charge >= 0.3 is 0 Å². The maximum absolute atomic E-state index is 14.0. The second kappa shape index (κ2) is 5.00. The lowest BCUT2D eigenvalue weighted by molar-refractivity contribution is 0.170. The molecule has 104 valence electrons. The molecule has 3 rings (SSSR count). The number of rotatable bonds is 4. The van der Waals surface area contributed by atoms with Crippen molar-refractivity contribution in [1.82, 2.24) is 0 Å². The van der Waals surface area contributed by atoms with Gasteiger partial charge in [0.15, 0.2) is 11.5 Å². The van der Waals surface area contributed by atoms with Gasteiger partial charge in [-0.1, -0.05) is 13.8 Å². The number of epoxide rings is 1. The lowest BCUT2D eigenvalue weighted by Crippen LogP contribution is -2.17. The van der Waals surface area contributed by atoms with Crippen LogP contribution in [-0.2, 0) is 11.2 Å². The van der Waals surface area contributed by atoms with Crippen LogP contribution in [0.1, 0.15) is 25.8 Å². The standard InChI is InChI=1S/C15H19FO3/c1-3-12-15(19-12)9(2)6-10-7-13-14(8-11(10)16)18-5-4-17-13/h7-9,12,15H,3-6H2,1-2H3. The van der Waals surface area contributed by atoms with Gasteiger partial charge in [-0.15, -0.1) is 0 Å². The van der Waals surface area contributed by atoms with Crippen molar-refractivity contribution in [3.8, 4) is 11.5 Å². The molecule has 0 spiro atoms. The number of benzene rings is 1. The van der Waals surface area contributed by atoms with Crippen LogP contribution < -0.4 is 9.47 Å². The second-order valence-electron chi connectivity index (χ2n) is 5.32. The van der Waals surface area contributed by atoms with Crippen molar-refractivity contribution in [3.05, 3.63) is 23.5 Å². The first-order valence-electron chi connectivity index (χ1n) is 6.92. The van der Waals surface area contributed by atoms with Gasteiger partial charge in [0.25, 0.3) is 0 Å². The van der Waals surface area contributed by atoms with Crippen LogP contribution >= 0.6 is 0 Å². The van der Waals surface area contributed by atoms with Crippen LogP contribution in [0.4, 0.5) is 4.39 Å². The van der Waals surface area contributed by atoms with E-state index in [4.69, 9.17) is 14.2 Å². The van der Waals surface area contributed by atoms with E-state index in [2.05, 4.69) is 13.8 Å². The fourth-order valence-corrected chi connectivity index (χ4v) is 2.71. The zero-order valence-corrected chi connectivity index (χ0v) is 11.3. The molecule has 1 aromatic rings. The first-order chi connectivity index (χ1) is 9.19. The molecule has 3 nitrogen and oxygen atoms in total. The minimum Gasteiger partial charge on any atom is -0.486 e. The predicted molar refractivity (Wildman–Crippen MR) is 69.2 cm³/mol. The van der Waals surface area contributed by atoms with Crippen LogP contribution in [-0.4, -0.2) is 25.4 Å². The number of hydrogen-bond acceptors (Lipinski definition) is 3. The fraction of sp³-hybridized carbons (Fsp3) is 0.600. The Bertz CT molecular complexity index is 475. The Morgan fingerprint density at radius 3 is 2.58 bits per heavy atom. The molecule has 2 heterocycles. The molecule has 0 bridgehead atoms. The van der Waals surface area contributed by atoms with Gasteiger partial charge in [0, 0.05) is 6.07 Å². The highest BCUT2D eigenvalue weighted by Crippen LogP contribution is 2.37. The minimum atomic E-state index is -0.218. The summed E-state index contributed by atoms with van der Waals surface area (Å²) in [6, 6.07) is 3.20. The molecule has 1 fully saturated rings. The molecule has 2 aliphatic heterocycles. The maximum atomic E-state index is 14.0. The molecule has 0 amide bonds. The monoisotopic (exact) mass is 266 g/mol. The molecule has 3 atom stereocenters. The first kappa shape index (κ1) is 12.7. The number of hydrogen-bond donors (Lipinski definition) is 0. The van der Waals surface area contributed by atoms with Gasteiger partial charge in [-0.3, -0.25) is 0 Å². The third-order valence-electron chi connectivity index (χ3n) is 3.84. The maximum Gasteiger partial charge on any atom is 0.164 e. The predicted octanol–water partition coefficient (Wildman–Crippen LogP) is 2.95. The van der Waals surface area contributed by atoms with Gasteiger partial charge in [0.05, 0.1) is 12.2 Å². The Morgan fingerprint density at radius 2 is 1.95 bits per heavy atom. The summed E-state index contributed by atoms with van der Waals surface area (Å²) >= 11 is 0. The van der Waals surface area contributed by atoms with Crippen LogP contribution in [0.25, 0.3) is 0 Å². The normalized spacial score (nSPS) is 26.1. The van der Waals surface area contributed by atoms with Gasteiger partial charge in [-0.05, 0) is 30.4 Å². The lowest BCUT2D eigenvalue weighted by Gasteiger charge is -2.20. The summed E-state index contributed by atoms with van der Waals surface area (Å²) in [5.41, 5.74) is 0.683. The smallest absolute Gasteiger partial charge is 0.164 e. The van der Waals surface area contributed by atoms with Crippen molar-refractivity contribution < 1.29 is 18.6 Å². The summed E-state index contributed by atoms with van der Waals surface area (Å²) in [5, 5.41) is 0. The van der Waals surface area contributed by atoms with E-state index in [-0.39, 0.29) is 11.9 Å². The largest absolute Gasteiger partial charge is 0.486 e. The average Bonchev–Trinajstić information content (AvgIpc) is 3.19. The zero-order chi connectivity index (χ0) is 13.4. The summed E-state index contributed by atoms with van der Waals surface area (Å²) < 4.78 is 30.5. The van der Waals surface area contributed by atoms with E-state index in [1.165, 1.54) is 6.07 Å².